The molecule has 310 valence electrons. The Morgan fingerprint density at radius 1 is 0.453 bits per heavy atom. The first kappa shape index (κ1) is 39.3. The van der Waals surface area contributed by atoms with Crippen LogP contribution in [0.5, 0.6) is 11.5 Å². The molecule has 2 atom stereocenters. The largest absolute Gasteiger partial charge is 0.507 e. The van der Waals surface area contributed by atoms with E-state index in [1.807, 2.05) is 24.4 Å². The van der Waals surface area contributed by atoms with E-state index in [4.69, 9.17) is 4.99 Å². The number of fused-ring (bicyclic) bond motifs is 4. The Morgan fingerprint density at radius 3 is 1.47 bits per heavy atom. The zero-order chi connectivity index (χ0) is 43.0. The molecule has 1 fully saturated rings. The summed E-state index contributed by atoms with van der Waals surface area (Å²) in [7, 11) is 0. The first-order chi connectivity index (χ1) is 31.6. The van der Waals surface area contributed by atoms with E-state index in [2.05, 4.69) is 181 Å². The van der Waals surface area contributed by atoms with E-state index in [0.717, 1.165) is 119 Å². The Kier molecular flexibility index (Phi) is 10.4. The Labute approximate surface area is 373 Å². The third-order valence-electron chi connectivity index (χ3n) is 13.4. The van der Waals surface area contributed by atoms with Gasteiger partial charge in [-0.25, -0.2) is 0 Å². The number of phenolic OH excluding ortho intramolecular Hbond substituents is 2. The fraction of sp³-hybridized carbons (Fsp3) is 0.117. The second kappa shape index (κ2) is 17.0. The summed E-state index contributed by atoms with van der Waals surface area (Å²) < 4.78 is 0. The van der Waals surface area contributed by atoms with Gasteiger partial charge in [-0.15, -0.1) is 0 Å². The summed E-state index contributed by atoms with van der Waals surface area (Å²) in [5.41, 5.74) is 9.64. The normalized spacial score (nSPS) is 15.4. The SMILES string of the molecule is Oc1c(/C=N/[C@H]2CCCCC2NCc2cc3ccccc3c(-c3c(-c4ccccc4)ccc4ccccc34)c2O)cc2ccccc2c1-c1c(-c2ccccc2)ccc2ccccc12. The molecule has 1 aliphatic carbocycles. The van der Waals surface area contributed by atoms with Crippen LogP contribution >= 0.6 is 0 Å². The summed E-state index contributed by atoms with van der Waals surface area (Å²) in [5, 5.41) is 37.5. The topological polar surface area (TPSA) is 64.9 Å². The summed E-state index contributed by atoms with van der Waals surface area (Å²) in [5.74, 6) is 0.528. The summed E-state index contributed by atoms with van der Waals surface area (Å²) in [6, 6.07) is 67.6. The maximum atomic E-state index is 12.5. The molecule has 0 bridgehead atoms. The van der Waals surface area contributed by atoms with Gasteiger partial charge < -0.3 is 15.5 Å². The smallest absolute Gasteiger partial charge is 0.132 e. The van der Waals surface area contributed by atoms with E-state index >= 15 is 0 Å². The van der Waals surface area contributed by atoms with E-state index in [0.29, 0.717) is 17.9 Å². The second-order valence-corrected chi connectivity index (χ2v) is 17.2. The van der Waals surface area contributed by atoms with Crippen molar-refractivity contribution in [2.75, 3.05) is 0 Å². The van der Waals surface area contributed by atoms with Crippen molar-refractivity contribution in [2.24, 2.45) is 4.99 Å². The van der Waals surface area contributed by atoms with Gasteiger partial charge in [0.2, 0.25) is 0 Å². The van der Waals surface area contributed by atoms with E-state index in [1.54, 1.807) is 0 Å². The van der Waals surface area contributed by atoms with Gasteiger partial charge in [0, 0.05) is 52.2 Å². The van der Waals surface area contributed by atoms with Crippen LogP contribution in [0.15, 0.2) is 199 Å². The van der Waals surface area contributed by atoms with Gasteiger partial charge in [0.05, 0.1) is 6.04 Å². The van der Waals surface area contributed by atoms with Crippen LogP contribution in [0.25, 0.3) is 87.6 Å². The minimum absolute atomic E-state index is 0.00896. The molecule has 11 rings (SSSR count). The van der Waals surface area contributed by atoms with Crippen LogP contribution in [-0.2, 0) is 6.54 Å². The van der Waals surface area contributed by atoms with Crippen molar-refractivity contribution in [3.8, 4) is 56.0 Å². The number of benzene rings is 10. The molecule has 0 spiro atoms. The molecular weight excluding hydrogens is 781 g/mol. The van der Waals surface area contributed by atoms with Crippen LogP contribution < -0.4 is 5.32 Å². The number of nitrogens with zero attached hydrogens (tertiary/aromatic N) is 1. The molecule has 10 aromatic carbocycles. The molecule has 0 aliphatic heterocycles. The summed E-state index contributed by atoms with van der Waals surface area (Å²) in [4.78, 5) is 5.30. The van der Waals surface area contributed by atoms with Gasteiger partial charge in [-0.05, 0) is 90.3 Å². The quantitative estimate of drug-likeness (QED) is 0.127. The van der Waals surface area contributed by atoms with Gasteiger partial charge >= 0.3 is 0 Å². The number of aromatic hydroxyl groups is 2. The molecule has 10 aromatic rings. The molecular formula is C60H48N2O2. The van der Waals surface area contributed by atoms with E-state index < -0.39 is 0 Å². The molecule has 0 amide bonds. The lowest BCUT2D eigenvalue weighted by atomic mass is 9.85. The highest BCUT2D eigenvalue weighted by atomic mass is 16.3. The second-order valence-electron chi connectivity index (χ2n) is 17.2. The average molecular weight is 829 g/mol. The first-order valence-electron chi connectivity index (χ1n) is 22.5. The molecule has 4 nitrogen and oxygen atoms in total. The van der Waals surface area contributed by atoms with Crippen molar-refractivity contribution >= 4 is 49.3 Å². The maximum Gasteiger partial charge on any atom is 0.132 e. The van der Waals surface area contributed by atoms with Gasteiger partial charge in [0.25, 0.3) is 0 Å². The Bertz CT molecular complexity index is 3380. The van der Waals surface area contributed by atoms with Crippen LogP contribution in [0.1, 0.15) is 36.8 Å². The minimum atomic E-state index is -0.00896. The highest BCUT2D eigenvalue weighted by molar-refractivity contribution is 6.15. The maximum absolute atomic E-state index is 12.5. The average Bonchev–Trinajstić information content (AvgIpc) is 3.35. The van der Waals surface area contributed by atoms with Crippen LogP contribution in [0.4, 0.5) is 0 Å². The molecule has 4 heteroatoms. The number of hydrogen-bond acceptors (Lipinski definition) is 4. The van der Waals surface area contributed by atoms with Crippen LogP contribution in [0.2, 0.25) is 0 Å². The third kappa shape index (κ3) is 7.16. The molecule has 0 saturated heterocycles. The number of nitrogens with one attached hydrogen (secondary N) is 1. The molecule has 0 aromatic heterocycles. The van der Waals surface area contributed by atoms with Gasteiger partial charge in [-0.1, -0.05) is 195 Å². The number of aliphatic imine (C=N–C) groups is 1. The van der Waals surface area contributed by atoms with Crippen molar-refractivity contribution in [3.05, 3.63) is 205 Å². The molecule has 1 aliphatic rings. The molecule has 1 saturated carbocycles. The van der Waals surface area contributed by atoms with Crippen molar-refractivity contribution < 1.29 is 10.2 Å². The summed E-state index contributed by atoms with van der Waals surface area (Å²) >= 11 is 0. The monoisotopic (exact) mass is 828 g/mol. The lowest BCUT2D eigenvalue weighted by molar-refractivity contribution is 0.327. The Morgan fingerprint density at radius 2 is 0.906 bits per heavy atom. The van der Waals surface area contributed by atoms with Crippen molar-refractivity contribution in [2.45, 2.75) is 44.3 Å². The zero-order valence-electron chi connectivity index (χ0n) is 35.6. The molecule has 3 N–H and O–H groups in total. The fourth-order valence-electron chi connectivity index (χ4n) is 10.2. The highest BCUT2D eigenvalue weighted by Gasteiger charge is 2.27. The molecule has 64 heavy (non-hydrogen) atoms. The summed E-state index contributed by atoms with van der Waals surface area (Å²) in [6.45, 7) is 0.487. The van der Waals surface area contributed by atoms with Crippen molar-refractivity contribution in [1.82, 2.24) is 5.32 Å². The number of rotatable bonds is 9. The molecule has 0 radical (unpaired) electrons. The van der Waals surface area contributed by atoms with Crippen LogP contribution in [0, 0.1) is 0 Å². The number of hydrogen-bond donors (Lipinski definition) is 3. The predicted octanol–water partition coefficient (Wildman–Crippen LogP) is 14.9. The standard InChI is InChI=1S/C60H48N2O2/c63-59-45(35-43-23-9-13-27-49(43)57(59)55-47-25-11-7-21-41(47)31-33-51(55)39-17-3-1-4-18-39)37-61-53-29-15-16-30-54(53)62-38-46-36-44-24-10-14-28-50(44)58(60(46)64)56-48-26-12-8-22-42(48)32-34-52(56)40-19-5-2-6-20-40/h1-14,17-28,31-37,53-54,62-64H,15-16,29-30,38H2/b61-37+/t53-,54?/m0/s1. The van der Waals surface area contributed by atoms with E-state index in [1.165, 1.54) is 0 Å². The van der Waals surface area contributed by atoms with Gasteiger partial charge in [-0.3, -0.25) is 4.99 Å². The first-order valence-corrected chi connectivity index (χ1v) is 22.5. The zero-order valence-corrected chi connectivity index (χ0v) is 35.6. The third-order valence-corrected chi connectivity index (χ3v) is 13.4. The van der Waals surface area contributed by atoms with Gasteiger partial charge in [0.1, 0.15) is 11.5 Å². The van der Waals surface area contributed by atoms with Crippen LogP contribution in [0.3, 0.4) is 0 Å². The molecule has 0 heterocycles. The number of phenols is 2. The van der Waals surface area contributed by atoms with E-state index in [9.17, 15) is 10.2 Å². The fourth-order valence-corrected chi connectivity index (χ4v) is 10.2. The lowest BCUT2D eigenvalue weighted by Gasteiger charge is -2.30. The van der Waals surface area contributed by atoms with Crippen LogP contribution in [-0.4, -0.2) is 28.5 Å². The molecule has 1 unspecified atom stereocenters. The van der Waals surface area contributed by atoms with Crippen molar-refractivity contribution in [1.29, 1.82) is 0 Å². The highest BCUT2D eigenvalue weighted by Crippen LogP contribution is 2.48. The van der Waals surface area contributed by atoms with E-state index in [-0.39, 0.29) is 17.8 Å². The Balaban J connectivity index is 0.970. The van der Waals surface area contributed by atoms with Crippen molar-refractivity contribution in [3.63, 3.8) is 0 Å². The predicted molar refractivity (Wildman–Crippen MR) is 268 cm³/mol. The summed E-state index contributed by atoms with van der Waals surface area (Å²) in [6.07, 6.45) is 5.99. The lowest BCUT2D eigenvalue weighted by Crippen LogP contribution is -2.40. The Hall–Kier alpha value is -7.53. The minimum Gasteiger partial charge on any atom is -0.507 e. The van der Waals surface area contributed by atoms with Gasteiger partial charge in [0.15, 0.2) is 0 Å². The van der Waals surface area contributed by atoms with Gasteiger partial charge in [-0.2, -0.15) is 0 Å².